The topological polar surface area (TPSA) is 66.4 Å². The Balaban J connectivity index is 1.74. The largest absolute Gasteiger partial charge is 0.481 e. The minimum atomic E-state index is -0.742. The quantitative estimate of drug-likeness (QED) is 0.786. The molecule has 0 saturated heterocycles. The second-order valence-electron chi connectivity index (χ2n) is 6.61. The van der Waals surface area contributed by atoms with Crippen molar-refractivity contribution in [1.82, 2.24) is 5.32 Å². The molecule has 0 aromatic rings. The summed E-state index contributed by atoms with van der Waals surface area (Å²) in [4.78, 5) is 23.4. The van der Waals surface area contributed by atoms with Gasteiger partial charge in [0.1, 0.15) is 0 Å². The van der Waals surface area contributed by atoms with Gasteiger partial charge in [-0.25, -0.2) is 0 Å². The van der Waals surface area contributed by atoms with Crippen LogP contribution >= 0.6 is 0 Å². The highest BCUT2D eigenvalue weighted by Crippen LogP contribution is 2.36. The number of amides is 1. The van der Waals surface area contributed by atoms with Crippen LogP contribution in [0.15, 0.2) is 0 Å². The van der Waals surface area contributed by atoms with Crippen LogP contribution in [-0.4, -0.2) is 23.5 Å². The summed E-state index contributed by atoms with van der Waals surface area (Å²) in [5, 5.41) is 12.3. The Labute approximate surface area is 121 Å². The van der Waals surface area contributed by atoms with Gasteiger partial charge in [0, 0.05) is 13.0 Å². The zero-order valence-electron chi connectivity index (χ0n) is 12.3. The predicted molar refractivity (Wildman–Crippen MR) is 77.4 cm³/mol. The van der Waals surface area contributed by atoms with Gasteiger partial charge in [-0.3, -0.25) is 9.59 Å². The standard InChI is InChI=1S/C16H27NO3/c18-14(9-8-13-6-2-3-7-13)17-12-16(15(19)20)10-4-1-5-11-16/h13H,1-12H2,(H,17,18)(H,19,20). The summed E-state index contributed by atoms with van der Waals surface area (Å²) in [6.45, 7) is 0.311. The van der Waals surface area contributed by atoms with Crippen molar-refractivity contribution in [2.24, 2.45) is 11.3 Å². The molecule has 114 valence electrons. The lowest BCUT2D eigenvalue weighted by Crippen LogP contribution is -2.44. The molecule has 0 atom stereocenters. The zero-order chi connectivity index (χ0) is 14.4. The second-order valence-corrected chi connectivity index (χ2v) is 6.61. The number of hydrogen-bond acceptors (Lipinski definition) is 2. The molecule has 4 heteroatoms. The van der Waals surface area contributed by atoms with Gasteiger partial charge in [0.2, 0.25) is 5.91 Å². The summed E-state index contributed by atoms with van der Waals surface area (Å²) in [5.74, 6) is 0.000237. The van der Waals surface area contributed by atoms with Crippen molar-refractivity contribution < 1.29 is 14.7 Å². The molecule has 0 aromatic carbocycles. The van der Waals surface area contributed by atoms with Crippen molar-refractivity contribution >= 4 is 11.9 Å². The molecule has 0 bridgehead atoms. The first-order valence-corrected chi connectivity index (χ1v) is 8.12. The highest BCUT2D eigenvalue weighted by atomic mass is 16.4. The molecule has 2 aliphatic rings. The SMILES string of the molecule is O=C(CCC1CCCC1)NCC1(C(=O)O)CCCCC1. The van der Waals surface area contributed by atoms with Gasteiger partial charge in [-0.05, 0) is 25.2 Å². The molecule has 20 heavy (non-hydrogen) atoms. The van der Waals surface area contributed by atoms with Crippen LogP contribution in [0.2, 0.25) is 0 Å². The van der Waals surface area contributed by atoms with Crippen LogP contribution in [0.4, 0.5) is 0 Å². The van der Waals surface area contributed by atoms with E-state index in [0.29, 0.717) is 31.7 Å². The van der Waals surface area contributed by atoms with Gasteiger partial charge in [-0.15, -0.1) is 0 Å². The van der Waals surface area contributed by atoms with E-state index in [4.69, 9.17) is 0 Å². The number of carbonyl (C=O) groups is 2. The number of rotatable bonds is 6. The lowest BCUT2D eigenvalue weighted by atomic mass is 9.74. The third-order valence-electron chi connectivity index (χ3n) is 5.14. The van der Waals surface area contributed by atoms with Crippen molar-refractivity contribution in [2.75, 3.05) is 6.54 Å². The van der Waals surface area contributed by atoms with Gasteiger partial charge in [0.25, 0.3) is 0 Å². The summed E-state index contributed by atoms with van der Waals surface area (Å²) in [5.41, 5.74) is -0.707. The van der Waals surface area contributed by atoms with Crippen LogP contribution in [0, 0.1) is 11.3 Å². The Hall–Kier alpha value is -1.06. The molecule has 1 amide bonds. The van der Waals surface area contributed by atoms with Crippen molar-refractivity contribution in [3.05, 3.63) is 0 Å². The van der Waals surface area contributed by atoms with E-state index in [9.17, 15) is 14.7 Å². The van der Waals surface area contributed by atoms with Gasteiger partial charge in [0.15, 0.2) is 0 Å². The molecule has 0 unspecified atom stereocenters. The first-order chi connectivity index (χ1) is 9.62. The van der Waals surface area contributed by atoms with E-state index in [1.54, 1.807) is 0 Å². The first-order valence-electron chi connectivity index (χ1n) is 8.12. The third kappa shape index (κ3) is 3.97. The number of aliphatic carboxylic acids is 1. The minimum Gasteiger partial charge on any atom is -0.481 e. The van der Waals surface area contributed by atoms with E-state index in [0.717, 1.165) is 25.7 Å². The molecule has 2 saturated carbocycles. The maximum Gasteiger partial charge on any atom is 0.311 e. The van der Waals surface area contributed by atoms with Gasteiger partial charge in [-0.1, -0.05) is 44.9 Å². The lowest BCUT2D eigenvalue weighted by Gasteiger charge is -2.33. The van der Waals surface area contributed by atoms with Crippen molar-refractivity contribution in [3.8, 4) is 0 Å². The fourth-order valence-electron chi connectivity index (χ4n) is 3.69. The minimum absolute atomic E-state index is 0.0306. The van der Waals surface area contributed by atoms with Crippen molar-refractivity contribution in [1.29, 1.82) is 0 Å². The van der Waals surface area contributed by atoms with E-state index in [1.165, 1.54) is 25.7 Å². The molecule has 0 aliphatic heterocycles. The van der Waals surface area contributed by atoms with E-state index < -0.39 is 11.4 Å². The summed E-state index contributed by atoms with van der Waals surface area (Å²) >= 11 is 0. The van der Waals surface area contributed by atoms with Gasteiger partial charge in [-0.2, -0.15) is 0 Å². The smallest absolute Gasteiger partial charge is 0.311 e. The number of carbonyl (C=O) groups excluding carboxylic acids is 1. The van der Waals surface area contributed by atoms with E-state index >= 15 is 0 Å². The fourth-order valence-corrected chi connectivity index (χ4v) is 3.69. The molecule has 2 fully saturated rings. The van der Waals surface area contributed by atoms with E-state index in [2.05, 4.69) is 5.32 Å². The van der Waals surface area contributed by atoms with Crippen LogP contribution in [0.25, 0.3) is 0 Å². The van der Waals surface area contributed by atoms with Crippen molar-refractivity contribution in [3.63, 3.8) is 0 Å². The monoisotopic (exact) mass is 281 g/mol. The van der Waals surface area contributed by atoms with Crippen LogP contribution < -0.4 is 5.32 Å². The molecule has 0 heterocycles. The summed E-state index contributed by atoms with van der Waals surface area (Å²) in [6, 6.07) is 0. The summed E-state index contributed by atoms with van der Waals surface area (Å²) in [7, 11) is 0. The molecule has 2 rings (SSSR count). The number of nitrogens with one attached hydrogen (secondary N) is 1. The van der Waals surface area contributed by atoms with Gasteiger partial charge in [0.05, 0.1) is 5.41 Å². The zero-order valence-corrected chi connectivity index (χ0v) is 12.3. The first kappa shape index (κ1) is 15.3. The molecule has 4 nitrogen and oxygen atoms in total. The van der Waals surface area contributed by atoms with Crippen LogP contribution in [0.1, 0.15) is 70.6 Å². The normalized spacial score (nSPS) is 22.6. The predicted octanol–water partition coefficient (Wildman–Crippen LogP) is 3.11. The van der Waals surface area contributed by atoms with Gasteiger partial charge >= 0.3 is 5.97 Å². The third-order valence-corrected chi connectivity index (χ3v) is 5.14. The van der Waals surface area contributed by atoms with Gasteiger partial charge < -0.3 is 10.4 Å². The number of hydrogen-bond donors (Lipinski definition) is 2. The molecular weight excluding hydrogens is 254 g/mol. The van der Waals surface area contributed by atoms with Crippen LogP contribution in [-0.2, 0) is 9.59 Å². The Kier molecular flexibility index (Phi) is 5.44. The summed E-state index contributed by atoms with van der Waals surface area (Å²) < 4.78 is 0. The Morgan fingerprint density at radius 2 is 1.70 bits per heavy atom. The Morgan fingerprint density at radius 1 is 1.05 bits per heavy atom. The maximum atomic E-state index is 11.9. The molecule has 2 aliphatic carbocycles. The second kappa shape index (κ2) is 7.09. The average molecular weight is 281 g/mol. The van der Waals surface area contributed by atoms with Crippen molar-refractivity contribution in [2.45, 2.75) is 70.6 Å². The molecule has 2 N–H and O–H groups in total. The lowest BCUT2D eigenvalue weighted by molar-refractivity contribution is -0.151. The Morgan fingerprint density at radius 3 is 2.30 bits per heavy atom. The fraction of sp³-hybridized carbons (Fsp3) is 0.875. The molecule has 0 aromatic heterocycles. The molecule has 0 radical (unpaired) electrons. The Bertz CT molecular complexity index is 342. The molecule has 0 spiro atoms. The number of carboxylic acids is 1. The highest BCUT2D eigenvalue weighted by Gasteiger charge is 2.39. The molecular formula is C16H27NO3. The summed E-state index contributed by atoms with van der Waals surface area (Å²) in [6.07, 6.45) is 11.1. The van der Waals surface area contributed by atoms with Crippen LogP contribution in [0.5, 0.6) is 0 Å². The van der Waals surface area contributed by atoms with E-state index in [-0.39, 0.29) is 5.91 Å². The van der Waals surface area contributed by atoms with Crippen LogP contribution in [0.3, 0.4) is 0 Å². The van der Waals surface area contributed by atoms with E-state index in [1.807, 2.05) is 0 Å². The number of carboxylic acid groups (broad SMARTS) is 1. The maximum absolute atomic E-state index is 11.9. The highest BCUT2D eigenvalue weighted by molar-refractivity contribution is 5.79. The average Bonchev–Trinajstić information content (AvgIpc) is 2.97.